The Balaban J connectivity index is 2.72. The number of nitrogens with zero attached hydrogens (tertiary/aromatic N) is 2. The smallest absolute Gasteiger partial charge is 0.237 e. The van der Waals surface area contributed by atoms with Gasteiger partial charge >= 0.3 is 0 Å². The highest BCUT2D eigenvalue weighted by atomic mass is 16.1. The lowest BCUT2D eigenvalue weighted by atomic mass is 10.0. The normalized spacial score (nSPS) is 13.5. The molecule has 1 atom stereocenters. The Hall–Kier alpha value is -1.49. The molecule has 0 aliphatic carbocycles. The summed E-state index contributed by atoms with van der Waals surface area (Å²) in [6, 6.07) is -0.0683. The minimum Gasteiger partial charge on any atom is -0.368 e. The number of aromatic nitrogens is 2. The predicted molar refractivity (Wildman–Crippen MR) is 56.9 cm³/mol. The van der Waals surface area contributed by atoms with Gasteiger partial charge < -0.3 is 5.73 Å². The lowest BCUT2D eigenvalue weighted by Gasteiger charge is -2.26. The van der Waals surface area contributed by atoms with E-state index < -0.39 is 11.4 Å². The van der Waals surface area contributed by atoms with Crippen molar-refractivity contribution in [1.29, 1.82) is 0 Å². The molecule has 0 fully saturated rings. The second-order valence-electron chi connectivity index (χ2n) is 3.99. The molecule has 1 unspecified atom stereocenters. The number of carbonyl (C=O) groups excluding carboxylic acids is 1. The van der Waals surface area contributed by atoms with Crippen molar-refractivity contribution in [1.82, 2.24) is 15.3 Å². The van der Waals surface area contributed by atoms with Crippen molar-refractivity contribution in [3.05, 3.63) is 24.3 Å². The third kappa shape index (κ3) is 2.99. The van der Waals surface area contributed by atoms with E-state index in [0.717, 1.165) is 5.69 Å². The summed E-state index contributed by atoms with van der Waals surface area (Å²) in [6.45, 7) is 5.39. The van der Waals surface area contributed by atoms with Crippen molar-refractivity contribution in [2.24, 2.45) is 5.73 Å². The fourth-order valence-corrected chi connectivity index (χ4v) is 1.22. The zero-order valence-electron chi connectivity index (χ0n) is 9.19. The first-order valence-electron chi connectivity index (χ1n) is 4.77. The van der Waals surface area contributed by atoms with Crippen LogP contribution in [-0.4, -0.2) is 21.4 Å². The first-order chi connectivity index (χ1) is 6.93. The van der Waals surface area contributed by atoms with Crippen LogP contribution in [0.25, 0.3) is 0 Å². The van der Waals surface area contributed by atoms with Crippen LogP contribution < -0.4 is 11.1 Å². The molecule has 0 aromatic carbocycles. The number of carbonyl (C=O) groups is 1. The van der Waals surface area contributed by atoms with Crippen LogP contribution in [0.1, 0.15) is 32.5 Å². The van der Waals surface area contributed by atoms with E-state index in [4.69, 9.17) is 5.73 Å². The maximum Gasteiger partial charge on any atom is 0.237 e. The molecule has 0 bridgehead atoms. The number of primary amides is 1. The van der Waals surface area contributed by atoms with E-state index >= 15 is 0 Å². The van der Waals surface area contributed by atoms with Gasteiger partial charge in [-0.05, 0) is 20.8 Å². The molecule has 0 aliphatic heterocycles. The van der Waals surface area contributed by atoms with Crippen molar-refractivity contribution >= 4 is 5.91 Å². The minimum atomic E-state index is -0.753. The molecule has 1 amide bonds. The molecule has 5 heteroatoms. The Labute approximate surface area is 89.1 Å². The van der Waals surface area contributed by atoms with Gasteiger partial charge in [-0.3, -0.25) is 20.1 Å². The third-order valence-corrected chi connectivity index (χ3v) is 2.22. The number of hydrogen-bond acceptors (Lipinski definition) is 4. The number of hydrogen-bond donors (Lipinski definition) is 2. The highest BCUT2D eigenvalue weighted by molar-refractivity contribution is 5.83. The Morgan fingerprint density at radius 3 is 2.67 bits per heavy atom. The first kappa shape index (κ1) is 11.6. The second-order valence-corrected chi connectivity index (χ2v) is 3.99. The van der Waals surface area contributed by atoms with Crippen LogP contribution in [0, 0.1) is 0 Å². The van der Waals surface area contributed by atoms with E-state index in [0.29, 0.717) is 0 Å². The molecule has 3 N–H and O–H groups in total. The predicted octanol–water partition coefficient (Wildman–Crippen LogP) is 0.391. The Kier molecular flexibility index (Phi) is 3.36. The van der Waals surface area contributed by atoms with Crippen LogP contribution in [0.5, 0.6) is 0 Å². The Morgan fingerprint density at radius 2 is 2.20 bits per heavy atom. The SMILES string of the molecule is CC(NC(C)(C)C(N)=O)c1cnccn1. The van der Waals surface area contributed by atoms with Gasteiger partial charge in [-0.2, -0.15) is 0 Å². The Bertz CT molecular complexity index is 337. The number of nitrogens with one attached hydrogen (secondary N) is 1. The molecule has 0 radical (unpaired) electrons. The van der Waals surface area contributed by atoms with E-state index in [1.807, 2.05) is 6.92 Å². The zero-order valence-corrected chi connectivity index (χ0v) is 9.19. The van der Waals surface area contributed by atoms with Crippen molar-refractivity contribution in [2.75, 3.05) is 0 Å². The molecule has 1 aromatic rings. The van der Waals surface area contributed by atoms with Crippen LogP contribution in [0.2, 0.25) is 0 Å². The van der Waals surface area contributed by atoms with Crippen LogP contribution in [0.15, 0.2) is 18.6 Å². The third-order valence-electron chi connectivity index (χ3n) is 2.22. The maximum atomic E-state index is 11.1. The monoisotopic (exact) mass is 208 g/mol. The summed E-state index contributed by atoms with van der Waals surface area (Å²) in [4.78, 5) is 19.2. The van der Waals surface area contributed by atoms with E-state index in [1.165, 1.54) is 0 Å². The second kappa shape index (κ2) is 4.35. The molecular weight excluding hydrogens is 192 g/mol. The Morgan fingerprint density at radius 1 is 1.53 bits per heavy atom. The van der Waals surface area contributed by atoms with Gasteiger partial charge in [-0.25, -0.2) is 0 Å². The average molecular weight is 208 g/mol. The molecule has 1 aromatic heterocycles. The largest absolute Gasteiger partial charge is 0.368 e. The molecule has 0 spiro atoms. The summed E-state index contributed by atoms with van der Waals surface area (Å²) in [5.41, 5.74) is 5.29. The summed E-state index contributed by atoms with van der Waals surface area (Å²) < 4.78 is 0. The molecule has 5 nitrogen and oxygen atoms in total. The van der Waals surface area contributed by atoms with Gasteiger partial charge in [0.15, 0.2) is 0 Å². The van der Waals surface area contributed by atoms with Crippen molar-refractivity contribution < 1.29 is 4.79 Å². The van der Waals surface area contributed by atoms with Gasteiger partial charge in [0.1, 0.15) is 0 Å². The van der Waals surface area contributed by atoms with E-state index in [-0.39, 0.29) is 6.04 Å². The van der Waals surface area contributed by atoms with Crippen molar-refractivity contribution in [3.63, 3.8) is 0 Å². The van der Waals surface area contributed by atoms with E-state index in [1.54, 1.807) is 32.4 Å². The lowest BCUT2D eigenvalue weighted by Crippen LogP contribution is -2.51. The average Bonchev–Trinajstić information content (AvgIpc) is 2.18. The van der Waals surface area contributed by atoms with Gasteiger partial charge in [0, 0.05) is 24.6 Å². The molecule has 15 heavy (non-hydrogen) atoms. The van der Waals surface area contributed by atoms with Crippen LogP contribution in [0.3, 0.4) is 0 Å². The summed E-state index contributed by atoms with van der Waals surface area (Å²) in [6.07, 6.45) is 4.88. The molecule has 0 saturated carbocycles. The molecule has 82 valence electrons. The van der Waals surface area contributed by atoms with Gasteiger partial charge in [-0.1, -0.05) is 0 Å². The minimum absolute atomic E-state index is 0.0683. The highest BCUT2D eigenvalue weighted by Crippen LogP contribution is 2.12. The van der Waals surface area contributed by atoms with Crippen molar-refractivity contribution in [2.45, 2.75) is 32.4 Å². The van der Waals surface area contributed by atoms with Crippen LogP contribution in [0.4, 0.5) is 0 Å². The first-order valence-corrected chi connectivity index (χ1v) is 4.77. The van der Waals surface area contributed by atoms with Crippen molar-refractivity contribution in [3.8, 4) is 0 Å². The van der Waals surface area contributed by atoms with E-state index in [9.17, 15) is 4.79 Å². The fourth-order valence-electron chi connectivity index (χ4n) is 1.22. The summed E-state index contributed by atoms with van der Waals surface area (Å²) in [5, 5.41) is 3.09. The zero-order chi connectivity index (χ0) is 11.5. The van der Waals surface area contributed by atoms with Gasteiger partial charge in [0.05, 0.1) is 11.2 Å². The molecule has 1 rings (SSSR count). The van der Waals surface area contributed by atoms with Crippen LogP contribution >= 0.6 is 0 Å². The maximum absolute atomic E-state index is 11.1. The van der Waals surface area contributed by atoms with E-state index in [2.05, 4.69) is 15.3 Å². The van der Waals surface area contributed by atoms with Gasteiger partial charge in [0.2, 0.25) is 5.91 Å². The topological polar surface area (TPSA) is 80.9 Å². The molecule has 1 heterocycles. The van der Waals surface area contributed by atoms with Gasteiger partial charge in [-0.15, -0.1) is 0 Å². The fraction of sp³-hybridized carbons (Fsp3) is 0.500. The standard InChI is InChI=1S/C10H16N4O/c1-7(8-6-12-4-5-13-8)14-10(2,3)9(11)15/h4-7,14H,1-3H3,(H2,11,15). The molecule has 0 aliphatic rings. The van der Waals surface area contributed by atoms with Crippen LogP contribution in [-0.2, 0) is 4.79 Å². The highest BCUT2D eigenvalue weighted by Gasteiger charge is 2.27. The van der Waals surface area contributed by atoms with Gasteiger partial charge in [0.25, 0.3) is 0 Å². The number of rotatable bonds is 4. The number of amides is 1. The molecule has 0 saturated heterocycles. The molecular formula is C10H16N4O. The summed E-state index contributed by atoms with van der Waals surface area (Å²) in [7, 11) is 0. The quantitative estimate of drug-likeness (QED) is 0.750. The summed E-state index contributed by atoms with van der Waals surface area (Å²) >= 11 is 0. The summed E-state index contributed by atoms with van der Waals surface area (Å²) in [5.74, 6) is -0.391. The lowest BCUT2D eigenvalue weighted by molar-refractivity contribution is -0.123. The number of nitrogens with two attached hydrogens (primary N) is 1.